The molecule has 4 rings (SSSR count). The molecule has 0 aliphatic heterocycles. The van der Waals surface area contributed by atoms with E-state index in [1.165, 1.54) is 11.8 Å². The van der Waals surface area contributed by atoms with Gasteiger partial charge in [-0.25, -0.2) is 9.97 Å². The summed E-state index contributed by atoms with van der Waals surface area (Å²) in [6.07, 6.45) is 1.54. The number of ether oxygens (including phenoxy) is 2. The van der Waals surface area contributed by atoms with Crippen LogP contribution in [-0.4, -0.2) is 35.3 Å². The Labute approximate surface area is 188 Å². The van der Waals surface area contributed by atoms with E-state index >= 15 is 0 Å². The highest BCUT2D eigenvalue weighted by Crippen LogP contribution is 2.38. The molecule has 31 heavy (non-hydrogen) atoms. The van der Waals surface area contributed by atoms with Gasteiger partial charge in [-0.15, -0.1) is 11.3 Å². The van der Waals surface area contributed by atoms with Crippen LogP contribution in [0.1, 0.15) is 6.92 Å². The number of hydrogen-bond donors (Lipinski definition) is 1. The standard InChI is InChI=1S/C23H21N3O3S2/c1-3-29-19-7-5-4-6-18(19)26-20(27)13-31-23-21-17(12-30-22(21)24-14-25-23)15-8-10-16(28-2)11-9-15/h4-12,14H,3,13H2,1-2H3,(H,26,27). The van der Waals surface area contributed by atoms with Crippen molar-refractivity contribution in [3.63, 3.8) is 0 Å². The normalized spacial score (nSPS) is 10.8. The van der Waals surface area contributed by atoms with E-state index in [0.29, 0.717) is 18.0 Å². The van der Waals surface area contributed by atoms with Crippen LogP contribution < -0.4 is 14.8 Å². The number of nitrogens with one attached hydrogen (secondary N) is 1. The van der Waals surface area contributed by atoms with E-state index in [0.717, 1.165) is 32.1 Å². The smallest absolute Gasteiger partial charge is 0.234 e. The molecular formula is C23H21N3O3S2. The SMILES string of the molecule is CCOc1ccccc1NC(=O)CSc1ncnc2scc(-c3ccc(OC)cc3)c12. The van der Waals surface area contributed by atoms with Gasteiger partial charge in [0.2, 0.25) is 5.91 Å². The van der Waals surface area contributed by atoms with Crippen LogP contribution in [0.15, 0.2) is 65.3 Å². The minimum atomic E-state index is -0.120. The molecule has 158 valence electrons. The summed E-state index contributed by atoms with van der Waals surface area (Å²) in [6, 6.07) is 15.3. The number of methoxy groups -OCH3 is 1. The summed E-state index contributed by atoms with van der Waals surface area (Å²) >= 11 is 2.96. The molecule has 0 spiro atoms. The summed E-state index contributed by atoms with van der Waals surface area (Å²) in [7, 11) is 1.65. The first-order chi connectivity index (χ1) is 15.2. The van der Waals surface area contributed by atoms with Crippen molar-refractivity contribution in [2.75, 3.05) is 24.8 Å². The lowest BCUT2D eigenvalue weighted by Gasteiger charge is -2.11. The van der Waals surface area contributed by atoms with Gasteiger partial charge < -0.3 is 14.8 Å². The summed E-state index contributed by atoms with van der Waals surface area (Å²) in [5.74, 6) is 1.57. The van der Waals surface area contributed by atoms with Crippen LogP contribution in [0.4, 0.5) is 5.69 Å². The molecule has 0 unspecified atom stereocenters. The summed E-state index contributed by atoms with van der Waals surface area (Å²) in [5.41, 5.74) is 2.77. The van der Waals surface area contributed by atoms with Crippen LogP contribution in [-0.2, 0) is 4.79 Å². The Kier molecular flexibility index (Phi) is 6.69. The topological polar surface area (TPSA) is 73.3 Å². The first kappa shape index (κ1) is 21.1. The van der Waals surface area contributed by atoms with Gasteiger partial charge >= 0.3 is 0 Å². The van der Waals surface area contributed by atoms with E-state index in [1.54, 1.807) is 24.8 Å². The number of thioether (sulfide) groups is 1. The number of hydrogen-bond acceptors (Lipinski definition) is 7. The fraction of sp³-hybridized carbons (Fsp3) is 0.174. The van der Waals surface area contributed by atoms with Crippen LogP contribution in [0, 0.1) is 0 Å². The molecule has 2 aromatic heterocycles. The van der Waals surface area contributed by atoms with Crippen molar-refractivity contribution in [3.05, 3.63) is 60.2 Å². The molecule has 6 nitrogen and oxygen atoms in total. The average Bonchev–Trinajstić information content (AvgIpc) is 3.24. The minimum Gasteiger partial charge on any atom is -0.497 e. The second kappa shape index (κ2) is 9.80. The predicted molar refractivity (Wildman–Crippen MR) is 126 cm³/mol. The lowest BCUT2D eigenvalue weighted by molar-refractivity contribution is -0.113. The predicted octanol–water partition coefficient (Wildman–Crippen LogP) is 5.50. The van der Waals surface area contributed by atoms with Crippen LogP contribution in [0.25, 0.3) is 21.3 Å². The van der Waals surface area contributed by atoms with Crippen molar-refractivity contribution in [1.29, 1.82) is 0 Å². The van der Waals surface area contributed by atoms with Crippen molar-refractivity contribution in [3.8, 4) is 22.6 Å². The quantitative estimate of drug-likeness (QED) is 0.282. The fourth-order valence-electron chi connectivity index (χ4n) is 3.11. The molecule has 2 heterocycles. The third kappa shape index (κ3) is 4.81. The highest BCUT2D eigenvalue weighted by atomic mass is 32.2. The number of carbonyl (C=O) groups excluding carboxylic acids is 1. The molecule has 0 bridgehead atoms. The van der Waals surface area contributed by atoms with Crippen LogP contribution >= 0.6 is 23.1 Å². The number of fused-ring (bicyclic) bond motifs is 1. The molecule has 0 radical (unpaired) electrons. The van der Waals surface area contributed by atoms with Crippen molar-refractivity contribution < 1.29 is 14.3 Å². The van der Waals surface area contributed by atoms with Gasteiger partial charge in [0.25, 0.3) is 0 Å². The van der Waals surface area contributed by atoms with Gasteiger partial charge in [-0.05, 0) is 36.8 Å². The van der Waals surface area contributed by atoms with E-state index in [9.17, 15) is 4.79 Å². The highest BCUT2D eigenvalue weighted by Gasteiger charge is 2.15. The number of amides is 1. The van der Waals surface area contributed by atoms with Gasteiger partial charge in [-0.2, -0.15) is 0 Å². The number of benzene rings is 2. The van der Waals surface area contributed by atoms with E-state index < -0.39 is 0 Å². The largest absolute Gasteiger partial charge is 0.497 e. The Balaban J connectivity index is 1.53. The van der Waals surface area contributed by atoms with Crippen LogP contribution in [0.3, 0.4) is 0 Å². The van der Waals surface area contributed by atoms with Crippen LogP contribution in [0.5, 0.6) is 11.5 Å². The van der Waals surface area contributed by atoms with Crippen molar-refractivity contribution in [1.82, 2.24) is 9.97 Å². The number of anilines is 1. The molecule has 8 heteroatoms. The van der Waals surface area contributed by atoms with Crippen molar-refractivity contribution in [2.24, 2.45) is 0 Å². The Morgan fingerprint density at radius 3 is 2.71 bits per heavy atom. The second-order valence-electron chi connectivity index (χ2n) is 6.50. The molecule has 0 aliphatic rings. The van der Waals surface area contributed by atoms with E-state index in [-0.39, 0.29) is 11.7 Å². The number of nitrogens with zero attached hydrogens (tertiary/aromatic N) is 2. The Morgan fingerprint density at radius 2 is 1.94 bits per heavy atom. The molecule has 2 aromatic carbocycles. The zero-order valence-corrected chi connectivity index (χ0v) is 18.8. The molecule has 4 aromatic rings. The maximum Gasteiger partial charge on any atom is 0.234 e. The summed E-state index contributed by atoms with van der Waals surface area (Å²) in [4.78, 5) is 22.3. The van der Waals surface area contributed by atoms with Crippen LogP contribution in [0.2, 0.25) is 0 Å². The molecule has 0 fully saturated rings. The first-order valence-corrected chi connectivity index (χ1v) is 11.6. The van der Waals surface area contributed by atoms with Gasteiger partial charge in [0, 0.05) is 10.9 Å². The molecule has 0 atom stereocenters. The first-order valence-electron chi connectivity index (χ1n) is 9.70. The number of para-hydroxylation sites is 2. The van der Waals surface area contributed by atoms with Gasteiger partial charge in [-0.3, -0.25) is 4.79 Å². The molecular weight excluding hydrogens is 430 g/mol. The van der Waals surface area contributed by atoms with Crippen molar-refractivity contribution >= 4 is 44.9 Å². The second-order valence-corrected chi connectivity index (χ2v) is 8.33. The number of aromatic nitrogens is 2. The van der Waals surface area contributed by atoms with E-state index in [2.05, 4.69) is 20.7 Å². The Morgan fingerprint density at radius 1 is 1.13 bits per heavy atom. The molecule has 0 saturated heterocycles. The zero-order chi connectivity index (χ0) is 21.6. The maximum absolute atomic E-state index is 12.6. The minimum absolute atomic E-state index is 0.120. The zero-order valence-electron chi connectivity index (χ0n) is 17.1. The summed E-state index contributed by atoms with van der Waals surface area (Å²) in [6.45, 7) is 2.45. The Bertz CT molecular complexity index is 1190. The summed E-state index contributed by atoms with van der Waals surface area (Å²) in [5, 5.41) is 6.75. The summed E-state index contributed by atoms with van der Waals surface area (Å²) < 4.78 is 10.8. The lowest BCUT2D eigenvalue weighted by atomic mass is 10.1. The van der Waals surface area contributed by atoms with Gasteiger partial charge in [0.15, 0.2) is 0 Å². The fourth-order valence-corrected chi connectivity index (χ4v) is 4.90. The average molecular weight is 452 g/mol. The number of thiophene rings is 1. The Hall–Kier alpha value is -3.10. The van der Waals surface area contributed by atoms with Gasteiger partial charge in [0.05, 0.1) is 30.5 Å². The monoisotopic (exact) mass is 451 g/mol. The number of carbonyl (C=O) groups is 1. The maximum atomic E-state index is 12.6. The molecule has 0 aliphatic carbocycles. The molecule has 1 N–H and O–H groups in total. The third-order valence-electron chi connectivity index (χ3n) is 4.54. The lowest BCUT2D eigenvalue weighted by Crippen LogP contribution is -2.15. The van der Waals surface area contributed by atoms with E-state index in [4.69, 9.17) is 9.47 Å². The number of rotatable bonds is 8. The highest BCUT2D eigenvalue weighted by molar-refractivity contribution is 8.00. The van der Waals surface area contributed by atoms with Gasteiger partial charge in [0.1, 0.15) is 27.7 Å². The molecule has 1 amide bonds. The van der Waals surface area contributed by atoms with E-state index in [1.807, 2.05) is 55.5 Å². The third-order valence-corrected chi connectivity index (χ3v) is 6.41. The molecule has 0 saturated carbocycles. The van der Waals surface area contributed by atoms with Gasteiger partial charge in [-0.1, -0.05) is 36.0 Å². The van der Waals surface area contributed by atoms with Crippen molar-refractivity contribution in [2.45, 2.75) is 11.9 Å².